The second-order valence-electron chi connectivity index (χ2n) is 5.61. The van der Waals surface area contributed by atoms with Gasteiger partial charge < -0.3 is 29.2 Å². The first-order valence-corrected chi connectivity index (χ1v) is 6.85. The number of fused-ring (bicyclic) bond motifs is 1. The van der Waals surface area contributed by atoms with Crippen LogP contribution in [0.15, 0.2) is 0 Å². The number of unbranched alkanes of at least 4 members (excludes halogenated alkanes) is 1. The van der Waals surface area contributed by atoms with Gasteiger partial charge >= 0.3 is 0 Å². The highest BCUT2D eigenvalue weighted by molar-refractivity contribution is 5.04. The molecule has 2 fully saturated rings. The van der Waals surface area contributed by atoms with Crippen molar-refractivity contribution < 1.29 is 29.2 Å². The van der Waals surface area contributed by atoms with E-state index < -0.39 is 29.9 Å². The third kappa shape index (κ3) is 2.79. The predicted octanol–water partition coefficient (Wildman–Crippen LogP) is 0.403. The maximum absolute atomic E-state index is 9.55. The molecule has 19 heavy (non-hydrogen) atoms. The van der Waals surface area contributed by atoms with Gasteiger partial charge in [0.15, 0.2) is 12.1 Å². The number of ether oxygens (including phenoxy) is 4. The molecule has 2 saturated heterocycles. The van der Waals surface area contributed by atoms with Crippen LogP contribution in [0, 0.1) is 0 Å². The molecule has 0 spiro atoms. The second-order valence-corrected chi connectivity index (χ2v) is 5.61. The zero-order valence-corrected chi connectivity index (χ0v) is 11.8. The fourth-order valence-corrected chi connectivity index (χ4v) is 2.56. The molecular formula is C13H24O6. The Bertz CT molecular complexity index is 302. The van der Waals surface area contributed by atoms with Crippen LogP contribution in [0.25, 0.3) is 0 Å². The van der Waals surface area contributed by atoms with Crippen LogP contribution in [0.2, 0.25) is 0 Å². The average Bonchev–Trinajstić information content (AvgIpc) is 2.80. The Kier molecular flexibility index (Phi) is 4.49. The minimum Gasteiger partial charge on any atom is -0.393 e. The third-order valence-corrected chi connectivity index (χ3v) is 3.59. The lowest BCUT2D eigenvalue weighted by atomic mass is 9.97. The molecular weight excluding hydrogens is 252 g/mol. The Morgan fingerprint density at radius 2 is 1.79 bits per heavy atom. The van der Waals surface area contributed by atoms with Gasteiger partial charge in [-0.3, -0.25) is 0 Å². The Labute approximate surface area is 113 Å². The number of aliphatic hydroxyl groups excluding tert-OH is 2. The molecule has 0 saturated carbocycles. The monoisotopic (exact) mass is 276 g/mol. The molecule has 0 radical (unpaired) electrons. The van der Waals surface area contributed by atoms with Gasteiger partial charge in [-0.05, 0) is 20.3 Å². The lowest BCUT2D eigenvalue weighted by molar-refractivity contribution is -0.257. The van der Waals surface area contributed by atoms with Crippen LogP contribution in [-0.2, 0) is 18.9 Å². The van der Waals surface area contributed by atoms with Crippen LogP contribution in [-0.4, -0.2) is 59.9 Å². The van der Waals surface area contributed by atoms with Gasteiger partial charge in [0.25, 0.3) is 0 Å². The molecule has 2 aliphatic rings. The number of hydrogen-bond donors (Lipinski definition) is 2. The summed E-state index contributed by atoms with van der Waals surface area (Å²) >= 11 is 0. The van der Waals surface area contributed by atoms with Gasteiger partial charge in [-0.2, -0.15) is 0 Å². The van der Waals surface area contributed by atoms with Crippen molar-refractivity contribution in [1.29, 1.82) is 0 Å². The van der Waals surface area contributed by atoms with Crippen molar-refractivity contribution >= 4 is 0 Å². The highest BCUT2D eigenvalue weighted by Gasteiger charge is 2.62. The highest BCUT2D eigenvalue weighted by Crippen LogP contribution is 2.43. The number of rotatable bonds is 6. The summed E-state index contributed by atoms with van der Waals surface area (Å²) in [5.74, 6) is -0.737. The molecule has 0 aliphatic carbocycles. The normalized spacial score (nSPS) is 35.5. The van der Waals surface area contributed by atoms with E-state index in [4.69, 9.17) is 18.9 Å². The molecule has 2 N–H and O–H groups in total. The quantitative estimate of drug-likeness (QED) is 0.684. The molecule has 0 unspecified atom stereocenters. The summed E-state index contributed by atoms with van der Waals surface area (Å²) in [7, 11) is 0. The molecule has 112 valence electrons. The molecule has 3 atom stereocenters. The smallest absolute Gasteiger partial charge is 0.190 e. The van der Waals surface area contributed by atoms with E-state index in [2.05, 4.69) is 6.92 Å². The minimum atomic E-state index is -1.15. The largest absolute Gasteiger partial charge is 0.393 e. The molecule has 0 aromatic heterocycles. The van der Waals surface area contributed by atoms with E-state index in [0.29, 0.717) is 6.61 Å². The predicted molar refractivity (Wildman–Crippen MR) is 66.5 cm³/mol. The summed E-state index contributed by atoms with van der Waals surface area (Å²) in [6, 6.07) is 0. The topological polar surface area (TPSA) is 77.4 Å². The van der Waals surface area contributed by atoms with Gasteiger partial charge in [0, 0.05) is 6.61 Å². The van der Waals surface area contributed by atoms with Gasteiger partial charge in [-0.15, -0.1) is 0 Å². The maximum Gasteiger partial charge on any atom is 0.190 e. The standard InChI is InChI=1S/C13H24O6/c1-4-5-6-16-10-9-11(18-12(2,3)17-9)19-13(10,7-14)8-15/h9-11,14-15H,4-8H2,1-3H3/t9-,10-,11+/m1/s1. The van der Waals surface area contributed by atoms with Gasteiger partial charge in [-0.1, -0.05) is 13.3 Å². The van der Waals surface area contributed by atoms with E-state index in [1.165, 1.54) is 0 Å². The molecule has 0 aromatic carbocycles. The molecule has 2 aliphatic heterocycles. The van der Waals surface area contributed by atoms with Gasteiger partial charge in [-0.25, -0.2) is 0 Å². The fourth-order valence-electron chi connectivity index (χ4n) is 2.56. The molecule has 6 heteroatoms. The summed E-state index contributed by atoms with van der Waals surface area (Å²) in [6.07, 6.45) is 0.355. The summed E-state index contributed by atoms with van der Waals surface area (Å²) < 4.78 is 22.9. The van der Waals surface area contributed by atoms with Crippen molar-refractivity contribution in [2.75, 3.05) is 19.8 Å². The Morgan fingerprint density at radius 3 is 2.37 bits per heavy atom. The fraction of sp³-hybridized carbons (Fsp3) is 1.00. The molecule has 0 aromatic rings. The Balaban J connectivity index is 2.11. The Hall–Kier alpha value is -0.240. The van der Waals surface area contributed by atoms with Crippen molar-refractivity contribution in [2.45, 2.75) is 63.5 Å². The van der Waals surface area contributed by atoms with Crippen molar-refractivity contribution in [3.63, 3.8) is 0 Å². The SMILES string of the molecule is CCCCO[C@@H]1[C@H]2OC(C)(C)O[C@H]2OC1(CO)CO. The number of aliphatic hydroxyl groups is 2. The van der Waals surface area contributed by atoms with Crippen LogP contribution in [0.5, 0.6) is 0 Å². The number of hydrogen-bond acceptors (Lipinski definition) is 6. The van der Waals surface area contributed by atoms with E-state index in [1.54, 1.807) is 13.8 Å². The lowest BCUT2D eigenvalue weighted by Gasteiger charge is -2.33. The second kappa shape index (κ2) is 5.63. The molecule has 2 heterocycles. The summed E-state index contributed by atoms with van der Waals surface area (Å²) in [6.45, 7) is 5.55. The molecule has 0 amide bonds. The van der Waals surface area contributed by atoms with Crippen LogP contribution >= 0.6 is 0 Å². The first-order chi connectivity index (χ1) is 8.98. The maximum atomic E-state index is 9.55. The van der Waals surface area contributed by atoms with Gasteiger partial charge in [0.1, 0.15) is 17.8 Å². The van der Waals surface area contributed by atoms with Crippen LogP contribution in [0.3, 0.4) is 0 Å². The van der Waals surface area contributed by atoms with Crippen molar-refractivity contribution in [2.24, 2.45) is 0 Å². The van der Waals surface area contributed by atoms with Crippen molar-refractivity contribution in [3.8, 4) is 0 Å². The van der Waals surface area contributed by atoms with Gasteiger partial charge in [0.05, 0.1) is 13.2 Å². The van der Waals surface area contributed by atoms with Crippen LogP contribution in [0.4, 0.5) is 0 Å². The van der Waals surface area contributed by atoms with Gasteiger partial charge in [0.2, 0.25) is 0 Å². The molecule has 2 rings (SSSR count). The van der Waals surface area contributed by atoms with E-state index in [-0.39, 0.29) is 13.2 Å². The van der Waals surface area contributed by atoms with Crippen LogP contribution < -0.4 is 0 Å². The zero-order valence-electron chi connectivity index (χ0n) is 11.8. The first-order valence-electron chi connectivity index (χ1n) is 6.85. The summed E-state index contributed by atoms with van der Waals surface area (Å²) in [4.78, 5) is 0. The van der Waals surface area contributed by atoms with E-state index in [9.17, 15) is 10.2 Å². The minimum absolute atomic E-state index is 0.333. The summed E-state index contributed by atoms with van der Waals surface area (Å²) in [5, 5.41) is 19.1. The van der Waals surface area contributed by atoms with Crippen molar-refractivity contribution in [3.05, 3.63) is 0 Å². The molecule has 0 bridgehead atoms. The highest BCUT2D eigenvalue weighted by atomic mass is 16.8. The van der Waals surface area contributed by atoms with Crippen molar-refractivity contribution in [1.82, 2.24) is 0 Å². The average molecular weight is 276 g/mol. The Morgan fingerprint density at radius 1 is 1.11 bits per heavy atom. The third-order valence-electron chi connectivity index (χ3n) is 3.59. The lowest BCUT2D eigenvalue weighted by Crippen LogP contribution is -2.52. The van der Waals surface area contributed by atoms with E-state index >= 15 is 0 Å². The zero-order chi connectivity index (χ0) is 14.1. The summed E-state index contributed by atoms with van der Waals surface area (Å²) in [5.41, 5.74) is -1.15. The van der Waals surface area contributed by atoms with E-state index in [0.717, 1.165) is 12.8 Å². The molecule has 6 nitrogen and oxygen atoms in total. The van der Waals surface area contributed by atoms with Crippen LogP contribution in [0.1, 0.15) is 33.6 Å². The van der Waals surface area contributed by atoms with E-state index in [1.807, 2.05) is 0 Å². The first kappa shape index (κ1) is 15.2.